The minimum Gasteiger partial charge on any atom is -0.481 e. The third-order valence-corrected chi connectivity index (χ3v) is 4.11. The van der Waals surface area contributed by atoms with Crippen molar-refractivity contribution in [1.82, 2.24) is 5.32 Å². The molecule has 0 radical (unpaired) electrons. The molecule has 1 aromatic carbocycles. The van der Waals surface area contributed by atoms with Crippen LogP contribution in [0, 0.1) is 5.41 Å². The van der Waals surface area contributed by atoms with Gasteiger partial charge in [-0.3, -0.25) is 9.59 Å². The second kappa shape index (κ2) is 7.29. The van der Waals surface area contributed by atoms with Crippen LogP contribution in [-0.4, -0.2) is 23.5 Å². The molecule has 4 nitrogen and oxygen atoms in total. The Hall–Kier alpha value is -1.55. The normalized spacial score (nSPS) is 11.2. The predicted molar refractivity (Wildman–Crippen MR) is 78.8 cm³/mol. The van der Waals surface area contributed by atoms with E-state index in [1.165, 1.54) is 0 Å². The van der Waals surface area contributed by atoms with Crippen molar-refractivity contribution in [1.29, 1.82) is 0 Å². The number of hydrogen-bond acceptors (Lipinski definition) is 2. The van der Waals surface area contributed by atoms with Gasteiger partial charge >= 0.3 is 5.97 Å². The predicted octanol–water partition coefficient (Wildman–Crippen LogP) is 2.89. The SMILES string of the molecule is CCC(CC)(CNC(=O)Cc1ccccc1Cl)C(=O)O. The fraction of sp³-hybridized carbons (Fsp3) is 0.467. The first-order valence-corrected chi connectivity index (χ1v) is 7.06. The molecule has 1 rings (SSSR count). The Morgan fingerprint density at radius 3 is 2.35 bits per heavy atom. The highest BCUT2D eigenvalue weighted by atomic mass is 35.5. The van der Waals surface area contributed by atoms with E-state index < -0.39 is 11.4 Å². The van der Waals surface area contributed by atoms with Gasteiger partial charge < -0.3 is 10.4 Å². The lowest BCUT2D eigenvalue weighted by Crippen LogP contribution is -2.42. The summed E-state index contributed by atoms with van der Waals surface area (Å²) in [7, 11) is 0. The van der Waals surface area contributed by atoms with Gasteiger partial charge in [0, 0.05) is 11.6 Å². The van der Waals surface area contributed by atoms with Gasteiger partial charge in [-0.25, -0.2) is 0 Å². The minimum absolute atomic E-state index is 0.138. The third-order valence-electron chi connectivity index (χ3n) is 3.74. The van der Waals surface area contributed by atoms with Crippen LogP contribution >= 0.6 is 11.6 Å². The molecule has 0 heterocycles. The number of hydrogen-bond donors (Lipinski definition) is 2. The molecule has 0 aliphatic rings. The number of rotatable bonds is 7. The Kier molecular flexibility index (Phi) is 6.02. The van der Waals surface area contributed by atoms with Crippen LogP contribution in [0.3, 0.4) is 0 Å². The zero-order chi connectivity index (χ0) is 15.2. The highest BCUT2D eigenvalue weighted by molar-refractivity contribution is 6.31. The lowest BCUT2D eigenvalue weighted by atomic mass is 9.82. The van der Waals surface area contributed by atoms with Gasteiger partial charge in [0.2, 0.25) is 5.91 Å². The van der Waals surface area contributed by atoms with Gasteiger partial charge in [-0.2, -0.15) is 0 Å². The maximum atomic E-state index is 11.9. The molecular weight excluding hydrogens is 278 g/mol. The topological polar surface area (TPSA) is 66.4 Å². The average molecular weight is 298 g/mol. The molecule has 20 heavy (non-hydrogen) atoms. The van der Waals surface area contributed by atoms with Crippen LogP contribution in [0.4, 0.5) is 0 Å². The van der Waals surface area contributed by atoms with Gasteiger partial charge in [0.25, 0.3) is 0 Å². The molecular formula is C15H20ClNO3. The van der Waals surface area contributed by atoms with E-state index in [4.69, 9.17) is 11.6 Å². The van der Waals surface area contributed by atoms with E-state index in [1.54, 1.807) is 18.2 Å². The van der Waals surface area contributed by atoms with E-state index in [1.807, 2.05) is 19.9 Å². The summed E-state index contributed by atoms with van der Waals surface area (Å²) in [6.45, 7) is 3.77. The Bertz CT molecular complexity index is 484. The lowest BCUT2D eigenvalue weighted by Gasteiger charge is -2.26. The van der Waals surface area contributed by atoms with E-state index >= 15 is 0 Å². The van der Waals surface area contributed by atoms with Gasteiger partial charge in [0.05, 0.1) is 11.8 Å². The van der Waals surface area contributed by atoms with Crippen molar-refractivity contribution >= 4 is 23.5 Å². The van der Waals surface area contributed by atoms with Crippen LogP contribution in [0.2, 0.25) is 5.02 Å². The summed E-state index contributed by atoms with van der Waals surface area (Å²) in [6.07, 6.45) is 1.11. The van der Waals surface area contributed by atoms with Crippen molar-refractivity contribution in [3.8, 4) is 0 Å². The second-order valence-corrected chi connectivity index (χ2v) is 5.24. The number of carboxylic acid groups (broad SMARTS) is 1. The summed E-state index contributed by atoms with van der Waals surface area (Å²) in [5.74, 6) is -1.09. The van der Waals surface area contributed by atoms with Crippen LogP contribution in [0.25, 0.3) is 0 Å². The van der Waals surface area contributed by atoms with Gasteiger partial charge in [0.15, 0.2) is 0 Å². The average Bonchev–Trinajstić information content (AvgIpc) is 2.43. The fourth-order valence-corrected chi connectivity index (χ4v) is 2.23. The Morgan fingerprint density at radius 1 is 1.25 bits per heavy atom. The molecule has 0 aliphatic carbocycles. The summed E-state index contributed by atoms with van der Waals surface area (Å²) in [4.78, 5) is 23.2. The molecule has 0 aromatic heterocycles. The van der Waals surface area contributed by atoms with Crippen molar-refractivity contribution in [3.63, 3.8) is 0 Å². The molecule has 0 unspecified atom stereocenters. The molecule has 0 bridgehead atoms. The monoisotopic (exact) mass is 297 g/mol. The van der Waals surface area contributed by atoms with Crippen LogP contribution in [0.15, 0.2) is 24.3 Å². The van der Waals surface area contributed by atoms with Gasteiger partial charge in [0.1, 0.15) is 0 Å². The number of aliphatic carboxylic acids is 1. The smallest absolute Gasteiger partial charge is 0.311 e. The lowest BCUT2D eigenvalue weighted by molar-refractivity contribution is -0.149. The number of carbonyl (C=O) groups is 2. The highest BCUT2D eigenvalue weighted by Gasteiger charge is 2.35. The van der Waals surface area contributed by atoms with Crippen molar-refractivity contribution in [3.05, 3.63) is 34.9 Å². The van der Waals surface area contributed by atoms with Crippen molar-refractivity contribution in [2.24, 2.45) is 5.41 Å². The van der Waals surface area contributed by atoms with Gasteiger partial charge in [-0.05, 0) is 24.5 Å². The number of carboxylic acids is 1. The van der Waals surface area contributed by atoms with Crippen LogP contribution < -0.4 is 5.32 Å². The van der Waals surface area contributed by atoms with Crippen LogP contribution in [-0.2, 0) is 16.0 Å². The molecule has 0 saturated carbocycles. The number of nitrogens with one attached hydrogen (secondary N) is 1. The maximum absolute atomic E-state index is 11.9. The molecule has 1 aromatic rings. The Balaban J connectivity index is 2.63. The number of benzene rings is 1. The van der Waals surface area contributed by atoms with Crippen LogP contribution in [0.1, 0.15) is 32.3 Å². The molecule has 0 saturated heterocycles. The van der Waals surface area contributed by atoms with Crippen molar-refractivity contribution < 1.29 is 14.7 Å². The highest BCUT2D eigenvalue weighted by Crippen LogP contribution is 2.25. The van der Waals surface area contributed by atoms with E-state index in [9.17, 15) is 14.7 Å². The fourth-order valence-electron chi connectivity index (χ4n) is 2.02. The van der Waals surface area contributed by atoms with E-state index in [2.05, 4.69) is 5.32 Å². The zero-order valence-corrected chi connectivity index (χ0v) is 12.5. The molecule has 1 amide bonds. The number of amides is 1. The number of carbonyl (C=O) groups excluding carboxylic acids is 1. The minimum atomic E-state index is -0.893. The number of halogens is 1. The summed E-state index contributed by atoms with van der Waals surface area (Å²) < 4.78 is 0. The van der Waals surface area contributed by atoms with E-state index in [0.717, 1.165) is 5.56 Å². The van der Waals surface area contributed by atoms with E-state index in [-0.39, 0.29) is 18.9 Å². The van der Waals surface area contributed by atoms with E-state index in [0.29, 0.717) is 17.9 Å². The molecule has 2 N–H and O–H groups in total. The first-order chi connectivity index (χ1) is 9.45. The molecule has 0 spiro atoms. The summed E-state index contributed by atoms with van der Waals surface area (Å²) in [6, 6.07) is 7.12. The summed E-state index contributed by atoms with van der Waals surface area (Å²) in [5, 5.41) is 12.5. The first-order valence-electron chi connectivity index (χ1n) is 6.68. The van der Waals surface area contributed by atoms with Crippen molar-refractivity contribution in [2.45, 2.75) is 33.1 Å². The molecule has 0 aliphatic heterocycles. The molecule has 0 atom stereocenters. The Morgan fingerprint density at radius 2 is 1.85 bits per heavy atom. The summed E-state index contributed by atoms with van der Waals surface area (Å²) >= 11 is 5.99. The van der Waals surface area contributed by atoms with Gasteiger partial charge in [-0.1, -0.05) is 43.6 Å². The van der Waals surface area contributed by atoms with Crippen LogP contribution in [0.5, 0.6) is 0 Å². The standard InChI is InChI=1S/C15H20ClNO3/c1-3-15(4-2,14(19)20)10-17-13(18)9-11-7-5-6-8-12(11)16/h5-8H,3-4,9-10H2,1-2H3,(H,17,18)(H,19,20). The quantitative estimate of drug-likeness (QED) is 0.813. The zero-order valence-electron chi connectivity index (χ0n) is 11.8. The molecule has 5 heteroatoms. The van der Waals surface area contributed by atoms with Gasteiger partial charge in [-0.15, -0.1) is 0 Å². The van der Waals surface area contributed by atoms with Crippen molar-refractivity contribution in [2.75, 3.05) is 6.54 Å². The molecule has 0 fully saturated rings. The third kappa shape index (κ3) is 3.97. The maximum Gasteiger partial charge on any atom is 0.311 e. The summed E-state index contributed by atoms with van der Waals surface area (Å²) in [5.41, 5.74) is -0.156. The first kappa shape index (κ1) is 16.5. The second-order valence-electron chi connectivity index (χ2n) is 4.84. The molecule has 110 valence electrons. The largest absolute Gasteiger partial charge is 0.481 e. The Labute approximate surface area is 124 Å².